The molecule has 0 bridgehead atoms. The Morgan fingerprint density at radius 2 is 2.06 bits per heavy atom. The van der Waals surface area contributed by atoms with Crippen LogP contribution in [0.5, 0.6) is 0 Å². The van der Waals surface area contributed by atoms with Crippen molar-refractivity contribution in [1.82, 2.24) is 14.7 Å². The Hall–Kier alpha value is -1.60. The highest BCUT2D eigenvalue weighted by Crippen LogP contribution is 2.11. The van der Waals surface area contributed by atoms with Crippen LogP contribution >= 0.6 is 0 Å². The van der Waals surface area contributed by atoms with E-state index >= 15 is 0 Å². The molecule has 0 aliphatic carbocycles. The number of nitrogens with zero attached hydrogens (tertiary/aromatic N) is 3. The highest BCUT2D eigenvalue weighted by atomic mass is 16.3. The first-order valence-electron chi connectivity index (χ1n) is 4.90. The number of rotatable bonds is 5. The number of nitrogens with two attached hydrogens (primary N) is 1. The molecule has 0 spiro atoms. The summed E-state index contributed by atoms with van der Waals surface area (Å²) in [6.07, 6.45) is 1.53. The van der Waals surface area contributed by atoms with Crippen LogP contribution in [-0.4, -0.2) is 57.1 Å². The maximum Gasteiger partial charge on any atom is 0.276 e. The number of carbonyl (C=O) groups is 1. The zero-order valence-electron chi connectivity index (χ0n) is 9.13. The van der Waals surface area contributed by atoms with Gasteiger partial charge in [0.15, 0.2) is 5.69 Å². The molecule has 0 fully saturated rings. The van der Waals surface area contributed by atoms with Crippen LogP contribution < -0.4 is 5.73 Å². The molecule has 1 heterocycles. The van der Waals surface area contributed by atoms with Gasteiger partial charge in [-0.25, -0.2) is 0 Å². The van der Waals surface area contributed by atoms with Crippen molar-refractivity contribution in [2.75, 3.05) is 32.0 Å². The summed E-state index contributed by atoms with van der Waals surface area (Å²) in [6, 6.07) is 0. The smallest absolute Gasteiger partial charge is 0.276 e. The molecule has 4 N–H and O–H groups in total. The Bertz CT molecular complexity index is 358. The van der Waals surface area contributed by atoms with Crippen molar-refractivity contribution in [2.45, 2.75) is 0 Å². The summed E-state index contributed by atoms with van der Waals surface area (Å²) in [5, 5.41) is 21.5. The third kappa shape index (κ3) is 2.71. The highest BCUT2D eigenvalue weighted by Gasteiger charge is 2.20. The fraction of sp³-hybridized carbons (Fsp3) is 0.556. The molecule has 7 heteroatoms. The van der Waals surface area contributed by atoms with Crippen LogP contribution in [0.25, 0.3) is 0 Å². The molecule has 7 nitrogen and oxygen atoms in total. The zero-order valence-corrected chi connectivity index (χ0v) is 9.13. The van der Waals surface area contributed by atoms with Crippen molar-refractivity contribution in [3.05, 3.63) is 11.9 Å². The number of aryl methyl sites for hydroxylation is 1. The lowest BCUT2D eigenvalue weighted by molar-refractivity contribution is 0.0679. The van der Waals surface area contributed by atoms with E-state index in [4.69, 9.17) is 15.9 Å². The highest BCUT2D eigenvalue weighted by molar-refractivity contribution is 5.97. The van der Waals surface area contributed by atoms with E-state index in [1.807, 2.05) is 0 Å². The second-order valence-corrected chi connectivity index (χ2v) is 3.35. The second kappa shape index (κ2) is 5.47. The number of aliphatic hydroxyl groups excluding tert-OH is 2. The van der Waals surface area contributed by atoms with Gasteiger partial charge in [0.25, 0.3) is 5.91 Å². The van der Waals surface area contributed by atoms with Gasteiger partial charge >= 0.3 is 0 Å². The molecule has 1 aromatic rings. The Morgan fingerprint density at radius 1 is 1.50 bits per heavy atom. The molecule has 0 aliphatic rings. The van der Waals surface area contributed by atoms with E-state index in [1.54, 1.807) is 7.05 Å². The van der Waals surface area contributed by atoms with Gasteiger partial charge in [-0.3, -0.25) is 9.48 Å². The summed E-state index contributed by atoms with van der Waals surface area (Å²) >= 11 is 0. The number of aromatic nitrogens is 2. The van der Waals surface area contributed by atoms with Crippen molar-refractivity contribution in [3.8, 4) is 0 Å². The Morgan fingerprint density at radius 3 is 2.44 bits per heavy atom. The van der Waals surface area contributed by atoms with Crippen LogP contribution in [-0.2, 0) is 7.05 Å². The summed E-state index contributed by atoms with van der Waals surface area (Å²) in [4.78, 5) is 13.2. The van der Waals surface area contributed by atoms with E-state index in [9.17, 15) is 4.79 Å². The van der Waals surface area contributed by atoms with Crippen LogP contribution in [0.4, 0.5) is 5.69 Å². The second-order valence-electron chi connectivity index (χ2n) is 3.35. The van der Waals surface area contributed by atoms with Crippen LogP contribution in [0.2, 0.25) is 0 Å². The number of anilines is 1. The van der Waals surface area contributed by atoms with Gasteiger partial charge in [-0.1, -0.05) is 0 Å². The van der Waals surface area contributed by atoms with E-state index < -0.39 is 0 Å². The normalized spacial score (nSPS) is 10.4. The SMILES string of the molecule is Cn1cc(N)c(C(=O)N(CCO)CCO)n1. The quantitative estimate of drug-likeness (QED) is 0.564. The molecule has 90 valence electrons. The minimum Gasteiger partial charge on any atom is -0.396 e. The minimum absolute atomic E-state index is 0.143. The number of hydrogen-bond donors (Lipinski definition) is 3. The minimum atomic E-state index is -0.388. The van der Waals surface area contributed by atoms with Crippen molar-refractivity contribution in [3.63, 3.8) is 0 Å². The maximum atomic E-state index is 11.9. The molecule has 0 unspecified atom stereocenters. The average Bonchev–Trinajstić information content (AvgIpc) is 2.56. The largest absolute Gasteiger partial charge is 0.396 e. The Balaban J connectivity index is 2.85. The molecule has 1 rings (SSSR count). The first kappa shape index (κ1) is 12.5. The molecule has 0 saturated carbocycles. The molecule has 1 amide bonds. The number of amides is 1. The lowest BCUT2D eigenvalue weighted by Gasteiger charge is -2.19. The van der Waals surface area contributed by atoms with Gasteiger partial charge < -0.3 is 20.8 Å². The summed E-state index contributed by atoms with van der Waals surface area (Å²) in [5.74, 6) is -0.388. The molecule has 0 aliphatic heterocycles. The predicted molar refractivity (Wildman–Crippen MR) is 57.7 cm³/mol. The van der Waals surface area contributed by atoms with Gasteiger partial charge in [-0.15, -0.1) is 0 Å². The third-order valence-electron chi connectivity index (χ3n) is 2.09. The zero-order chi connectivity index (χ0) is 12.1. The van der Waals surface area contributed by atoms with Gasteiger partial charge in [0.2, 0.25) is 0 Å². The van der Waals surface area contributed by atoms with E-state index in [0.29, 0.717) is 0 Å². The number of aliphatic hydroxyl groups is 2. The van der Waals surface area contributed by atoms with Gasteiger partial charge in [0.05, 0.1) is 18.9 Å². The lowest BCUT2D eigenvalue weighted by atomic mass is 10.3. The molecule has 1 aromatic heterocycles. The van der Waals surface area contributed by atoms with Gasteiger partial charge in [0.1, 0.15) is 0 Å². The first-order valence-corrected chi connectivity index (χ1v) is 4.90. The number of nitrogen functional groups attached to an aromatic ring is 1. The first-order chi connectivity index (χ1) is 7.60. The average molecular weight is 228 g/mol. The van der Waals surface area contributed by atoms with Crippen molar-refractivity contribution >= 4 is 11.6 Å². The van der Waals surface area contributed by atoms with Gasteiger partial charge in [-0.2, -0.15) is 5.10 Å². The van der Waals surface area contributed by atoms with Crippen LogP contribution in [0, 0.1) is 0 Å². The molecule has 0 aromatic carbocycles. The van der Waals surface area contributed by atoms with Crippen LogP contribution in [0.15, 0.2) is 6.20 Å². The Kier molecular flexibility index (Phi) is 4.27. The summed E-state index contributed by atoms with van der Waals surface area (Å²) in [7, 11) is 1.66. The van der Waals surface area contributed by atoms with Gasteiger partial charge in [0, 0.05) is 26.3 Å². The monoisotopic (exact) mass is 228 g/mol. The predicted octanol–water partition coefficient (Wildman–Crippen LogP) is -1.57. The molecular formula is C9H16N4O3. The maximum absolute atomic E-state index is 11.9. The number of carbonyl (C=O) groups excluding carboxylic acids is 1. The van der Waals surface area contributed by atoms with Gasteiger partial charge in [-0.05, 0) is 0 Å². The summed E-state index contributed by atoms with van der Waals surface area (Å²) < 4.78 is 1.44. The van der Waals surface area contributed by atoms with E-state index in [1.165, 1.54) is 15.8 Å². The van der Waals surface area contributed by atoms with Crippen LogP contribution in [0.1, 0.15) is 10.5 Å². The number of hydrogen-bond acceptors (Lipinski definition) is 5. The van der Waals surface area contributed by atoms with E-state index in [2.05, 4.69) is 5.10 Å². The fourth-order valence-electron chi connectivity index (χ4n) is 1.38. The van der Waals surface area contributed by atoms with Crippen molar-refractivity contribution < 1.29 is 15.0 Å². The van der Waals surface area contributed by atoms with Crippen molar-refractivity contribution in [2.24, 2.45) is 7.05 Å². The topological polar surface area (TPSA) is 105 Å². The summed E-state index contributed by atoms with van der Waals surface area (Å²) in [5.41, 5.74) is 6.05. The van der Waals surface area contributed by atoms with Crippen molar-refractivity contribution in [1.29, 1.82) is 0 Å². The van der Waals surface area contributed by atoms with E-state index in [0.717, 1.165) is 0 Å². The van der Waals surface area contributed by atoms with E-state index in [-0.39, 0.29) is 43.6 Å². The van der Waals surface area contributed by atoms with Crippen LogP contribution in [0.3, 0.4) is 0 Å². The summed E-state index contributed by atoms with van der Waals surface area (Å²) in [6.45, 7) is -0.0399. The molecule has 0 radical (unpaired) electrons. The molecule has 16 heavy (non-hydrogen) atoms. The standard InChI is InChI=1S/C9H16N4O3/c1-12-6-7(10)8(11-12)9(16)13(2-4-14)3-5-15/h6,14-15H,2-5,10H2,1H3. The molecule has 0 atom stereocenters. The molecule has 0 saturated heterocycles. The molecular weight excluding hydrogens is 212 g/mol. The fourth-order valence-corrected chi connectivity index (χ4v) is 1.38. The lowest BCUT2D eigenvalue weighted by Crippen LogP contribution is -2.36. The third-order valence-corrected chi connectivity index (χ3v) is 2.09. The Labute approximate surface area is 93.1 Å².